The Morgan fingerprint density at radius 2 is 2.21 bits per heavy atom. The van der Waals surface area contributed by atoms with Crippen molar-refractivity contribution in [2.24, 2.45) is 0 Å². The van der Waals surface area contributed by atoms with E-state index in [2.05, 4.69) is 20.5 Å². The summed E-state index contributed by atoms with van der Waals surface area (Å²) in [6.45, 7) is 1.84. The predicted molar refractivity (Wildman–Crippen MR) is 73.0 cm³/mol. The van der Waals surface area contributed by atoms with Gasteiger partial charge in [-0.1, -0.05) is 0 Å². The summed E-state index contributed by atoms with van der Waals surface area (Å²) in [6.07, 6.45) is 1.25. The van der Waals surface area contributed by atoms with Crippen LogP contribution in [0.1, 0.15) is 17.8 Å². The maximum absolute atomic E-state index is 11.4. The normalized spacial score (nSPS) is 14.1. The maximum atomic E-state index is 11.4. The minimum atomic E-state index is 0.0435. The average Bonchev–Trinajstić information content (AvgIpc) is 2.76. The predicted octanol–water partition coefficient (Wildman–Crippen LogP) is 1.73. The van der Waals surface area contributed by atoms with Gasteiger partial charge < -0.3 is 11.1 Å². The third kappa shape index (κ3) is 2.41. The fourth-order valence-electron chi connectivity index (χ4n) is 1.98. The molecule has 1 aromatic heterocycles. The molecule has 0 bridgehead atoms. The smallest absolute Gasteiger partial charge is 0.224 e. The number of rotatable bonds is 2. The highest BCUT2D eigenvalue weighted by molar-refractivity contribution is 7.99. The number of nitrogens with two attached hydrogens (primary N) is 1. The molecule has 98 valence electrons. The maximum Gasteiger partial charge on any atom is 0.224 e. The lowest BCUT2D eigenvalue weighted by molar-refractivity contribution is -0.116. The molecule has 0 radical (unpaired) electrons. The van der Waals surface area contributed by atoms with Crippen LogP contribution in [0.25, 0.3) is 0 Å². The van der Waals surface area contributed by atoms with E-state index >= 15 is 0 Å². The number of aryl methyl sites for hydroxylation is 2. The molecule has 0 spiro atoms. The summed E-state index contributed by atoms with van der Waals surface area (Å²) in [5.41, 5.74) is 8.63. The molecular weight excluding hydrogens is 262 g/mol. The van der Waals surface area contributed by atoms with Crippen LogP contribution in [0.5, 0.6) is 0 Å². The lowest BCUT2D eigenvalue weighted by Crippen LogP contribution is -2.19. The number of nitrogens with zero attached hydrogens (tertiary/aromatic N) is 2. The largest absolute Gasteiger partial charge is 0.398 e. The first-order chi connectivity index (χ1) is 9.11. The van der Waals surface area contributed by atoms with E-state index in [9.17, 15) is 4.79 Å². The first-order valence-electron chi connectivity index (χ1n) is 5.91. The number of amides is 1. The number of nitrogens with one attached hydrogen (secondary N) is 2. The number of hydrogen-bond acceptors (Lipinski definition) is 5. The zero-order chi connectivity index (χ0) is 13.4. The Morgan fingerprint density at radius 3 is 2.95 bits per heavy atom. The van der Waals surface area contributed by atoms with Crippen molar-refractivity contribution >= 4 is 29.0 Å². The highest BCUT2D eigenvalue weighted by Crippen LogP contribution is 2.35. The third-order valence-electron chi connectivity index (χ3n) is 2.91. The van der Waals surface area contributed by atoms with Gasteiger partial charge in [-0.3, -0.25) is 9.89 Å². The van der Waals surface area contributed by atoms with Crippen molar-refractivity contribution in [2.75, 3.05) is 11.1 Å². The summed E-state index contributed by atoms with van der Waals surface area (Å²) in [5.74, 6) is 0.800. The molecule has 4 N–H and O–H groups in total. The Bertz CT molecular complexity index is 652. The second-order valence-corrected chi connectivity index (χ2v) is 5.41. The van der Waals surface area contributed by atoms with Crippen molar-refractivity contribution in [1.82, 2.24) is 15.2 Å². The summed E-state index contributed by atoms with van der Waals surface area (Å²) >= 11 is 1.38. The van der Waals surface area contributed by atoms with Gasteiger partial charge in [0.1, 0.15) is 5.82 Å². The molecule has 19 heavy (non-hydrogen) atoms. The summed E-state index contributed by atoms with van der Waals surface area (Å²) in [7, 11) is 0. The van der Waals surface area contributed by atoms with E-state index in [4.69, 9.17) is 5.73 Å². The standard InChI is InChI=1S/C12H13N5OS/c1-6-14-12(17-16-6)19-10-5-9-7(4-8(10)13)2-3-11(18)15-9/h4-5H,2-3,13H2,1H3,(H,15,18)(H,14,16,17). The molecule has 0 unspecified atom stereocenters. The molecule has 1 aliphatic heterocycles. The van der Waals surface area contributed by atoms with E-state index in [1.807, 2.05) is 19.1 Å². The number of aromatic nitrogens is 3. The van der Waals surface area contributed by atoms with Gasteiger partial charge in [0.2, 0.25) is 11.1 Å². The van der Waals surface area contributed by atoms with E-state index in [1.54, 1.807) is 0 Å². The molecule has 1 aliphatic rings. The molecule has 0 atom stereocenters. The van der Waals surface area contributed by atoms with Gasteiger partial charge in [-0.05, 0) is 42.8 Å². The second kappa shape index (κ2) is 4.58. The van der Waals surface area contributed by atoms with Crippen LogP contribution in [0.3, 0.4) is 0 Å². The number of fused-ring (bicyclic) bond motifs is 1. The van der Waals surface area contributed by atoms with Crippen molar-refractivity contribution < 1.29 is 4.79 Å². The van der Waals surface area contributed by atoms with Gasteiger partial charge >= 0.3 is 0 Å². The topological polar surface area (TPSA) is 96.7 Å². The van der Waals surface area contributed by atoms with Crippen LogP contribution in [0.4, 0.5) is 11.4 Å². The van der Waals surface area contributed by atoms with E-state index in [0.717, 1.165) is 28.4 Å². The SMILES string of the molecule is Cc1nc(Sc2cc3c(cc2N)CCC(=O)N3)n[nH]1. The van der Waals surface area contributed by atoms with Gasteiger partial charge in [0, 0.05) is 22.7 Å². The van der Waals surface area contributed by atoms with Crippen LogP contribution in [0, 0.1) is 6.92 Å². The van der Waals surface area contributed by atoms with Gasteiger partial charge in [0.25, 0.3) is 0 Å². The summed E-state index contributed by atoms with van der Waals surface area (Å²) in [6, 6.07) is 3.80. The van der Waals surface area contributed by atoms with Crippen molar-refractivity contribution in [1.29, 1.82) is 0 Å². The Balaban J connectivity index is 1.93. The number of hydrogen-bond donors (Lipinski definition) is 3. The monoisotopic (exact) mass is 275 g/mol. The second-order valence-electron chi connectivity index (χ2n) is 4.40. The zero-order valence-electron chi connectivity index (χ0n) is 10.4. The van der Waals surface area contributed by atoms with Crippen molar-refractivity contribution in [3.8, 4) is 0 Å². The number of benzene rings is 1. The molecule has 2 aromatic rings. The molecule has 0 fully saturated rings. The quantitative estimate of drug-likeness (QED) is 0.725. The third-order valence-corrected chi connectivity index (χ3v) is 3.85. The first-order valence-corrected chi connectivity index (χ1v) is 6.72. The average molecular weight is 275 g/mol. The highest BCUT2D eigenvalue weighted by Gasteiger charge is 2.17. The number of aromatic amines is 1. The molecule has 0 aliphatic carbocycles. The van der Waals surface area contributed by atoms with Crippen LogP contribution < -0.4 is 11.1 Å². The van der Waals surface area contributed by atoms with E-state index in [1.165, 1.54) is 11.8 Å². The van der Waals surface area contributed by atoms with Crippen molar-refractivity contribution in [2.45, 2.75) is 29.8 Å². The van der Waals surface area contributed by atoms with Crippen LogP contribution in [-0.2, 0) is 11.2 Å². The fraction of sp³-hybridized carbons (Fsp3) is 0.250. The lowest BCUT2D eigenvalue weighted by Gasteiger charge is -2.18. The van der Waals surface area contributed by atoms with Gasteiger partial charge in [-0.2, -0.15) is 0 Å². The number of anilines is 2. The van der Waals surface area contributed by atoms with E-state index in [-0.39, 0.29) is 5.91 Å². The minimum Gasteiger partial charge on any atom is -0.398 e. The summed E-state index contributed by atoms with van der Waals surface area (Å²) in [4.78, 5) is 16.5. The van der Waals surface area contributed by atoms with Crippen LogP contribution in [-0.4, -0.2) is 21.1 Å². The van der Waals surface area contributed by atoms with E-state index in [0.29, 0.717) is 17.3 Å². The van der Waals surface area contributed by atoms with Gasteiger partial charge in [-0.25, -0.2) is 4.98 Å². The Labute approximate surface area is 114 Å². The molecule has 7 heteroatoms. The number of H-pyrrole nitrogens is 1. The van der Waals surface area contributed by atoms with Crippen molar-refractivity contribution in [3.05, 3.63) is 23.5 Å². The van der Waals surface area contributed by atoms with Gasteiger partial charge in [-0.15, -0.1) is 5.10 Å². The Morgan fingerprint density at radius 1 is 1.37 bits per heavy atom. The van der Waals surface area contributed by atoms with Crippen LogP contribution in [0.15, 0.2) is 22.2 Å². The molecular formula is C12H13N5OS. The van der Waals surface area contributed by atoms with E-state index < -0.39 is 0 Å². The Hall–Kier alpha value is -2.02. The zero-order valence-corrected chi connectivity index (χ0v) is 11.2. The molecule has 1 amide bonds. The van der Waals surface area contributed by atoms with Gasteiger partial charge in [0.05, 0.1) is 0 Å². The number of nitrogen functional groups attached to an aromatic ring is 1. The number of carbonyl (C=O) groups excluding carboxylic acids is 1. The molecule has 2 heterocycles. The summed E-state index contributed by atoms with van der Waals surface area (Å²) in [5, 5.41) is 10.3. The van der Waals surface area contributed by atoms with Gasteiger partial charge in [0.15, 0.2) is 0 Å². The lowest BCUT2D eigenvalue weighted by atomic mass is 10.0. The molecule has 0 saturated heterocycles. The Kier molecular flexibility index (Phi) is 2.90. The highest BCUT2D eigenvalue weighted by atomic mass is 32.2. The van der Waals surface area contributed by atoms with Crippen LogP contribution in [0.2, 0.25) is 0 Å². The first kappa shape index (κ1) is 12.0. The molecule has 1 aromatic carbocycles. The molecule has 3 rings (SSSR count). The van der Waals surface area contributed by atoms with Crippen molar-refractivity contribution in [3.63, 3.8) is 0 Å². The van der Waals surface area contributed by atoms with Crippen LogP contribution >= 0.6 is 11.8 Å². The molecule has 0 saturated carbocycles. The summed E-state index contributed by atoms with van der Waals surface area (Å²) < 4.78 is 0. The minimum absolute atomic E-state index is 0.0435. The fourth-order valence-corrected chi connectivity index (χ4v) is 2.81. The number of carbonyl (C=O) groups is 1. The molecule has 6 nitrogen and oxygen atoms in total.